The minimum absolute atomic E-state index is 0.0855. The van der Waals surface area contributed by atoms with E-state index in [2.05, 4.69) is 38.1 Å². The Morgan fingerprint density at radius 3 is 2.61 bits per heavy atom. The van der Waals surface area contributed by atoms with Gasteiger partial charge in [-0.1, -0.05) is 29.8 Å². The first-order valence-electron chi connectivity index (χ1n) is 6.54. The number of ether oxygens (including phenoxy) is 1. The first-order valence-corrected chi connectivity index (χ1v) is 6.54. The van der Waals surface area contributed by atoms with Crippen LogP contribution < -0.4 is 0 Å². The van der Waals surface area contributed by atoms with Crippen LogP contribution in [0.2, 0.25) is 0 Å². The normalized spacial score (nSPS) is 20.7. The van der Waals surface area contributed by atoms with Crippen LogP contribution in [0.15, 0.2) is 24.3 Å². The summed E-state index contributed by atoms with van der Waals surface area (Å²) >= 11 is 0. The number of carbonyl (C=O) groups is 1. The summed E-state index contributed by atoms with van der Waals surface area (Å²) < 4.78 is 5.45. The summed E-state index contributed by atoms with van der Waals surface area (Å²) in [5.41, 5.74) is 2.40. The average molecular weight is 247 g/mol. The van der Waals surface area contributed by atoms with Gasteiger partial charge in [-0.05, 0) is 32.3 Å². The van der Waals surface area contributed by atoms with Gasteiger partial charge in [0.15, 0.2) is 0 Å². The van der Waals surface area contributed by atoms with Crippen molar-refractivity contribution in [1.29, 1.82) is 0 Å². The number of aryl methyl sites for hydroxylation is 1. The maximum atomic E-state index is 12.2. The van der Waals surface area contributed by atoms with Crippen molar-refractivity contribution in [3.63, 3.8) is 0 Å². The van der Waals surface area contributed by atoms with Gasteiger partial charge in [-0.25, -0.2) is 0 Å². The molecule has 3 heteroatoms. The summed E-state index contributed by atoms with van der Waals surface area (Å²) in [6.07, 6.45) is 1.61. The number of likely N-dealkylation sites (N-methyl/N-ethyl adjacent to an activating group) is 1. The Morgan fingerprint density at radius 2 is 2.06 bits per heavy atom. The molecule has 1 aromatic carbocycles. The molecule has 0 aromatic heterocycles. The van der Waals surface area contributed by atoms with E-state index in [1.807, 2.05) is 7.05 Å². The summed E-state index contributed by atoms with van der Waals surface area (Å²) in [7, 11) is 1.86. The van der Waals surface area contributed by atoms with Crippen molar-refractivity contribution in [2.75, 3.05) is 13.7 Å². The highest BCUT2D eigenvalue weighted by Gasteiger charge is 2.28. The van der Waals surface area contributed by atoms with E-state index in [0.29, 0.717) is 6.61 Å². The first-order chi connectivity index (χ1) is 8.59. The summed E-state index contributed by atoms with van der Waals surface area (Å²) in [6, 6.07) is 8.41. The molecule has 0 spiro atoms. The van der Waals surface area contributed by atoms with Gasteiger partial charge in [0.25, 0.3) is 5.91 Å². The molecule has 2 unspecified atom stereocenters. The lowest BCUT2D eigenvalue weighted by Crippen LogP contribution is -2.37. The maximum absolute atomic E-state index is 12.2. The second-order valence-corrected chi connectivity index (χ2v) is 5.04. The van der Waals surface area contributed by atoms with Crippen molar-refractivity contribution in [2.45, 2.75) is 38.8 Å². The van der Waals surface area contributed by atoms with Gasteiger partial charge in [0, 0.05) is 13.7 Å². The first kappa shape index (κ1) is 13.1. The summed E-state index contributed by atoms with van der Waals surface area (Å²) in [6.45, 7) is 4.83. The molecule has 0 bridgehead atoms. The predicted octanol–water partition coefficient (Wildman–Crippen LogP) is 2.69. The monoisotopic (exact) mass is 247 g/mol. The SMILES string of the molecule is Cc1ccc(C(C)N(C)C(=O)C2CCCO2)cc1. The van der Waals surface area contributed by atoms with Gasteiger partial charge in [-0.15, -0.1) is 0 Å². The van der Waals surface area contributed by atoms with E-state index in [1.54, 1.807) is 4.90 Å². The van der Waals surface area contributed by atoms with Crippen molar-refractivity contribution in [2.24, 2.45) is 0 Å². The van der Waals surface area contributed by atoms with Gasteiger partial charge in [-0.3, -0.25) is 4.79 Å². The van der Waals surface area contributed by atoms with Gasteiger partial charge in [0.2, 0.25) is 0 Å². The zero-order valence-electron chi connectivity index (χ0n) is 11.3. The Balaban J connectivity index is 2.05. The average Bonchev–Trinajstić information content (AvgIpc) is 2.91. The van der Waals surface area contributed by atoms with Crippen LogP contribution >= 0.6 is 0 Å². The molecule has 1 aromatic rings. The standard InChI is InChI=1S/C15H21NO2/c1-11-6-8-13(9-7-11)12(2)16(3)15(17)14-5-4-10-18-14/h6-9,12,14H,4-5,10H2,1-3H3. The Bertz CT molecular complexity index is 407. The van der Waals surface area contributed by atoms with Crippen molar-refractivity contribution < 1.29 is 9.53 Å². The number of carbonyl (C=O) groups excluding carboxylic acids is 1. The number of nitrogens with zero attached hydrogens (tertiary/aromatic N) is 1. The van der Waals surface area contributed by atoms with Crippen LogP contribution in [0, 0.1) is 6.92 Å². The number of hydrogen-bond acceptors (Lipinski definition) is 2. The number of rotatable bonds is 3. The van der Waals surface area contributed by atoms with Crippen molar-refractivity contribution in [3.05, 3.63) is 35.4 Å². The largest absolute Gasteiger partial charge is 0.368 e. The number of hydrogen-bond donors (Lipinski definition) is 0. The summed E-state index contributed by atoms with van der Waals surface area (Å²) in [5.74, 6) is 0.0978. The maximum Gasteiger partial charge on any atom is 0.251 e. The van der Waals surface area contributed by atoms with Gasteiger partial charge >= 0.3 is 0 Å². The molecule has 0 radical (unpaired) electrons. The van der Waals surface area contributed by atoms with Crippen molar-refractivity contribution in [1.82, 2.24) is 4.90 Å². The lowest BCUT2D eigenvalue weighted by Gasteiger charge is -2.27. The van der Waals surface area contributed by atoms with E-state index in [-0.39, 0.29) is 18.1 Å². The highest BCUT2D eigenvalue weighted by Crippen LogP contribution is 2.22. The molecule has 0 aliphatic carbocycles. The third-order valence-corrected chi connectivity index (χ3v) is 3.69. The molecule has 2 rings (SSSR count). The molecule has 3 nitrogen and oxygen atoms in total. The minimum atomic E-state index is -0.233. The molecule has 18 heavy (non-hydrogen) atoms. The Hall–Kier alpha value is -1.35. The number of benzene rings is 1. The molecule has 1 aliphatic rings. The molecular formula is C15H21NO2. The Labute approximate surface area is 109 Å². The highest BCUT2D eigenvalue weighted by molar-refractivity contribution is 5.81. The molecule has 0 saturated carbocycles. The summed E-state index contributed by atoms with van der Waals surface area (Å²) in [4.78, 5) is 14.0. The summed E-state index contributed by atoms with van der Waals surface area (Å²) in [5, 5.41) is 0. The molecule has 98 valence electrons. The molecule has 0 N–H and O–H groups in total. The van der Waals surface area contributed by atoms with Crippen LogP contribution in [0.3, 0.4) is 0 Å². The lowest BCUT2D eigenvalue weighted by atomic mass is 10.0. The van der Waals surface area contributed by atoms with Crippen LogP contribution in [0.1, 0.15) is 36.9 Å². The lowest BCUT2D eigenvalue weighted by molar-refractivity contribution is -0.141. The van der Waals surface area contributed by atoms with Crippen LogP contribution in [0.25, 0.3) is 0 Å². The molecule has 1 saturated heterocycles. The van der Waals surface area contributed by atoms with E-state index < -0.39 is 0 Å². The van der Waals surface area contributed by atoms with Gasteiger partial charge in [0.05, 0.1) is 6.04 Å². The fourth-order valence-electron chi connectivity index (χ4n) is 2.26. The number of amides is 1. The van der Waals surface area contributed by atoms with E-state index in [9.17, 15) is 4.79 Å². The Morgan fingerprint density at radius 1 is 1.39 bits per heavy atom. The van der Waals surface area contributed by atoms with E-state index in [0.717, 1.165) is 18.4 Å². The zero-order valence-corrected chi connectivity index (χ0v) is 11.3. The molecule has 1 aliphatic heterocycles. The molecule has 1 amide bonds. The van der Waals surface area contributed by atoms with E-state index >= 15 is 0 Å². The van der Waals surface area contributed by atoms with E-state index in [4.69, 9.17) is 4.74 Å². The van der Waals surface area contributed by atoms with Crippen LogP contribution in [-0.4, -0.2) is 30.6 Å². The van der Waals surface area contributed by atoms with Gasteiger partial charge in [-0.2, -0.15) is 0 Å². The predicted molar refractivity (Wildman–Crippen MR) is 71.3 cm³/mol. The minimum Gasteiger partial charge on any atom is -0.368 e. The third kappa shape index (κ3) is 2.72. The van der Waals surface area contributed by atoms with Crippen LogP contribution in [0.4, 0.5) is 0 Å². The van der Waals surface area contributed by atoms with Gasteiger partial charge in [0.1, 0.15) is 6.10 Å². The molecular weight excluding hydrogens is 226 g/mol. The molecule has 1 fully saturated rings. The molecule has 2 atom stereocenters. The topological polar surface area (TPSA) is 29.5 Å². The Kier molecular flexibility index (Phi) is 4.02. The second kappa shape index (κ2) is 5.53. The van der Waals surface area contributed by atoms with Crippen LogP contribution in [-0.2, 0) is 9.53 Å². The third-order valence-electron chi connectivity index (χ3n) is 3.69. The van der Waals surface area contributed by atoms with Crippen molar-refractivity contribution in [3.8, 4) is 0 Å². The quantitative estimate of drug-likeness (QED) is 0.822. The fourth-order valence-corrected chi connectivity index (χ4v) is 2.26. The fraction of sp³-hybridized carbons (Fsp3) is 0.533. The van der Waals surface area contributed by atoms with Gasteiger partial charge < -0.3 is 9.64 Å². The zero-order chi connectivity index (χ0) is 13.1. The second-order valence-electron chi connectivity index (χ2n) is 5.04. The van der Waals surface area contributed by atoms with Crippen LogP contribution in [0.5, 0.6) is 0 Å². The van der Waals surface area contributed by atoms with E-state index in [1.165, 1.54) is 5.56 Å². The molecule has 1 heterocycles. The van der Waals surface area contributed by atoms with Crippen molar-refractivity contribution >= 4 is 5.91 Å². The smallest absolute Gasteiger partial charge is 0.251 e. The highest BCUT2D eigenvalue weighted by atomic mass is 16.5.